The summed E-state index contributed by atoms with van der Waals surface area (Å²) in [4.78, 5) is 4.71. The molecule has 2 aliphatic carbocycles. The van der Waals surface area contributed by atoms with E-state index in [1.165, 1.54) is 44.9 Å². The van der Waals surface area contributed by atoms with Crippen molar-refractivity contribution < 1.29 is 4.52 Å². The molecule has 2 aliphatic rings. The fraction of sp³-hybridized carbons (Fsp3) is 0.875. The van der Waals surface area contributed by atoms with Crippen molar-refractivity contribution in [1.82, 2.24) is 10.1 Å². The predicted molar refractivity (Wildman–Crippen MR) is 78.5 cm³/mol. The minimum atomic E-state index is 0.00463. The fourth-order valence-electron chi connectivity index (χ4n) is 3.84. The minimum absolute atomic E-state index is 0.00463. The highest BCUT2D eigenvalue weighted by atomic mass is 16.5. The highest BCUT2D eigenvalue weighted by Crippen LogP contribution is 2.43. The van der Waals surface area contributed by atoms with Gasteiger partial charge in [-0.25, -0.2) is 0 Å². The molecule has 20 heavy (non-hydrogen) atoms. The third-order valence-electron chi connectivity index (χ3n) is 5.51. The maximum absolute atomic E-state index is 5.91. The molecule has 4 nitrogen and oxygen atoms in total. The predicted octanol–water partition coefficient (Wildman–Crippen LogP) is 3.52. The van der Waals surface area contributed by atoms with E-state index >= 15 is 0 Å². The van der Waals surface area contributed by atoms with Crippen LogP contribution in [-0.2, 0) is 5.41 Å². The summed E-state index contributed by atoms with van der Waals surface area (Å²) < 4.78 is 5.55. The normalized spacial score (nSPS) is 29.1. The molecule has 112 valence electrons. The quantitative estimate of drug-likeness (QED) is 0.894. The molecule has 0 amide bonds. The van der Waals surface area contributed by atoms with Gasteiger partial charge in [-0.1, -0.05) is 31.3 Å². The summed E-state index contributed by atoms with van der Waals surface area (Å²) >= 11 is 0. The molecule has 0 unspecified atom stereocenters. The number of hydrogen-bond donors (Lipinski definition) is 1. The Bertz CT molecular complexity index is 425. The van der Waals surface area contributed by atoms with Gasteiger partial charge in [0.1, 0.15) is 0 Å². The molecule has 0 saturated heterocycles. The standard InChI is InChI=1S/C16H27N3O/c1-2-4-12-5-7-13(8-6-12)14-18-15(20-19-14)16(11-17)9-3-10-16/h12-13H,2-11,17H2,1H3. The van der Waals surface area contributed by atoms with Crippen molar-refractivity contribution in [1.29, 1.82) is 0 Å². The van der Waals surface area contributed by atoms with E-state index in [0.717, 1.165) is 30.5 Å². The summed E-state index contributed by atoms with van der Waals surface area (Å²) in [5, 5.41) is 4.27. The van der Waals surface area contributed by atoms with Gasteiger partial charge in [-0.3, -0.25) is 0 Å². The van der Waals surface area contributed by atoms with Crippen LogP contribution in [0, 0.1) is 5.92 Å². The lowest BCUT2D eigenvalue weighted by Gasteiger charge is -2.37. The summed E-state index contributed by atoms with van der Waals surface area (Å²) in [6.45, 7) is 2.92. The highest BCUT2D eigenvalue weighted by molar-refractivity contribution is 5.12. The van der Waals surface area contributed by atoms with E-state index in [4.69, 9.17) is 15.2 Å². The van der Waals surface area contributed by atoms with Gasteiger partial charge in [0, 0.05) is 12.5 Å². The Kier molecular flexibility index (Phi) is 4.11. The second kappa shape index (κ2) is 5.84. The molecule has 2 fully saturated rings. The molecule has 1 heterocycles. The molecular formula is C16H27N3O. The van der Waals surface area contributed by atoms with Crippen LogP contribution in [0.2, 0.25) is 0 Å². The van der Waals surface area contributed by atoms with Gasteiger partial charge < -0.3 is 10.3 Å². The molecule has 2 N–H and O–H groups in total. The van der Waals surface area contributed by atoms with Gasteiger partial charge in [0.15, 0.2) is 5.82 Å². The van der Waals surface area contributed by atoms with Crippen LogP contribution in [0.4, 0.5) is 0 Å². The van der Waals surface area contributed by atoms with Crippen molar-refractivity contribution in [2.75, 3.05) is 6.54 Å². The van der Waals surface area contributed by atoms with E-state index in [1.54, 1.807) is 0 Å². The molecular weight excluding hydrogens is 250 g/mol. The average Bonchev–Trinajstić information content (AvgIpc) is 2.89. The fourth-order valence-corrected chi connectivity index (χ4v) is 3.84. The van der Waals surface area contributed by atoms with E-state index in [0.29, 0.717) is 12.5 Å². The van der Waals surface area contributed by atoms with Crippen LogP contribution < -0.4 is 5.73 Å². The maximum atomic E-state index is 5.91. The van der Waals surface area contributed by atoms with Crippen LogP contribution in [0.25, 0.3) is 0 Å². The molecule has 3 rings (SSSR count). The highest BCUT2D eigenvalue weighted by Gasteiger charge is 2.43. The van der Waals surface area contributed by atoms with Crippen molar-refractivity contribution in [2.45, 2.75) is 76.0 Å². The van der Waals surface area contributed by atoms with Gasteiger partial charge in [-0.15, -0.1) is 0 Å². The Morgan fingerprint density at radius 1 is 1.25 bits per heavy atom. The lowest BCUT2D eigenvalue weighted by atomic mass is 9.68. The Hall–Kier alpha value is -0.900. The maximum Gasteiger partial charge on any atom is 0.234 e. The van der Waals surface area contributed by atoms with Crippen LogP contribution in [0.5, 0.6) is 0 Å². The monoisotopic (exact) mass is 277 g/mol. The summed E-state index contributed by atoms with van der Waals surface area (Å²) in [6.07, 6.45) is 11.2. The van der Waals surface area contributed by atoms with E-state index in [9.17, 15) is 0 Å². The molecule has 0 bridgehead atoms. The van der Waals surface area contributed by atoms with Crippen molar-refractivity contribution in [2.24, 2.45) is 11.7 Å². The van der Waals surface area contributed by atoms with Crippen LogP contribution in [0.15, 0.2) is 4.52 Å². The van der Waals surface area contributed by atoms with E-state index in [1.807, 2.05) is 0 Å². The van der Waals surface area contributed by atoms with Crippen molar-refractivity contribution in [3.63, 3.8) is 0 Å². The molecule has 0 atom stereocenters. The first-order chi connectivity index (χ1) is 9.77. The second-order valence-electron chi connectivity index (χ2n) is 6.80. The summed E-state index contributed by atoms with van der Waals surface area (Å²) in [6, 6.07) is 0. The summed E-state index contributed by atoms with van der Waals surface area (Å²) in [5.74, 6) is 3.17. The largest absolute Gasteiger partial charge is 0.339 e. The molecule has 0 radical (unpaired) electrons. The molecule has 0 spiro atoms. The van der Waals surface area contributed by atoms with Gasteiger partial charge in [0.05, 0.1) is 5.41 Å². The summed E-state index contributed by atoms with van der Waals surface area (Å²) in [5.41, 5.74) is 5.92. The van der Waals surface area contributed by atoms with E-state index < -0.39 is 0 Å². The SMILES string of the molecule is CCCC1CCC(c2noc(C3(CN)CCC3)n2)CC1. The van der Waals surface area contributed by atoms with E-state index in [2.05, 4.69) is 12.1 Å². The lowest BCUT2D eigenvalue weighted by Crippen LogP contribution is -2.41. The number of nitrogens with zero attached hydrogens (tertiary/aromatic N) is 2. The van der Waals surface area contributed by atoms with Crippen LogP contribution in [0.3, 0.4) is 0 Å². The first kappa shape index (κ1) is 14.1. The Labute approximate surface area is 121 Å². The molecule has 0 aliphatic heterocycles. The van der Waals surface area contributed by atoms with Gasteiger partial charge in [-0.05, 0) is 44.4 Å². The van der Waals surface area contributed by atoms with Crippen LogP contribution in [0.1, 0.15) is 82.3 Å². The summed E-state index contributed by atoms with van der Waals surface area (Å²) in [7, 11) is 0. The number of nitrogens with two attached hydrogens (primary N) is 1. The smallest absolute Gasteiger partial charge is 0.234 e. The number of aromatic nitrogens is 2. The third kappa shape index (κ3) is 2.50. The topological polar surface area (TPSA) is 64.9 Å². The lowest BCUT2D eigenvalue weighted by molar-refractivity contribution is 0.181. The molecule has 2 saturated carbocycles. The molecule has 1 aromatic rings. The zero-order valence-corrected chi connectivity index (χ0v) is 12.6. The van der Waals surface area contributed by atoms with Gasteiger partial charge in [0.25, 0.3) is 0 Å². The number of rotatable bonds is 5. The molecule has 0 aromatic carbocycles. The first-order valence-electron chi connectivity index (χ1n) is 8.31. The van der Waals surface area contributed by atoms with Crippen LogP contribution >= 0.6 is 0 Å². The third-order valence-corrected chi connectivity index (χ3v) is 5.51. The minimum Gasteiger partial charge on any atom is -0.339 e. The van der Waals surface area contributed by atoms with Crippen molar-refractivity contribution >= 4 is 0 Å². The Balaban J connectivity index is 1.63. The number of hydrogen-bond acceptors (Lipinski definition) is 4. The first-order valence-corrected chi connectivity index (χ1v) is 8.31. The molecule has 4 heteroatoms. The average molecular weight is 277 g/mol. The zero-order chi connectivity index (χ0) is 14.0. The van der Waals surface area contributed by atoms with Crippen molar-refractivity contribution in [3.05, 3.63) is 11.7 Å². The van der Waals surface area contributed by atoms with Crippen LogP contribution in [-0.4, -0.2) is 16.7 Å². The second-order valence-corrected chi connectivity index (χ2v) is 6.80. The van der Waals surface area contributed by atoms with Gasteiger partial charge >= 0.3 is 0 Å². The van der Waals surface area contributed by atoms with Gasteiger partial charge in [0.2, 0.25) is 5.89 Å². The Morgan fingerprint density at radius 3 is 2.55 bits per heavy atom. The van der Waals surface area contributed by atoms with Crippen molar-refractivity contribution in [3.8, 4) is 0 Å². The Morgan fingerprint density at radius 2 is 2.00 bits per heavy atom. The molecule has 1 aromatic heterocycles. The van der Waals surface area contributed by atoms with E-state index in [-0.39, 0.29) is 5.41 Å². The zero-order valence-electron chi connectivity index (χ0n) is 12.6. The van der Waals surface area contributed by atoms with Gasteiger partial charge in [-0.2, -0.15) is 4.98 Å².